The van der Waals surface area contributed by atoms with Gasteiger partial charge in [-0.2, -0.15) is 13.2 Å². The Morgan fingerprint density at radius 1 is 1.42 bits per heavy atom. The fourth-order valence-corrected chi connectivity index (χ4v) is 1.36. The van der Waals surface area contributed by atoms with Crippen LogP contribution in [-0.2, 0) is 4.74 Å². The summed E-state index contributed by atoms with van der Waals surface area (Å²) in [5.41, 5.74) is 0.193. The molecule has 0 aliphatic carbocycles. The van der Waals surface area contributed by atoms with E-state index in [4.69, 9.17) is 16.7 Å². The molecule has 0 heterocycles. The molecule has 2 N–H and O–H groups in total. The van der Waals surface area contributed by atoms with E-state index in [1.54, 1.807) is 0 Å². The summed E-state index contributed by atoms with van der Waals surface area (Å²) in [6, 6.07) is 3.84. The van der Waals surface area contributed by atoms with Gasteiger partial charge in [0.2, 0.25) is 0 Å². The highest BCUT2D eigenvalue weighted by Crippen LogP contribution is 2.23. The Balaban J connectivity index is 2.33. The summed E-state index contributed by atoms with van der Waals surface area (Å²) in [5, 5.41) is 11.5. The van der Waals surface area contributed by atoms with Crippen LogP contribution in [-0.4, -0.2) is 36.9 Å². The largest absolute Gasteiger partial charge is 0.506 e. The molecular weight excluding hydrogens is 287 g/mol. The fourth-order valence-electron chi connectivity index (χ4n) is 1.17. The Kier molecular flexibility index (Phi) is 5.44. The molecule has 0 aliphatic rings. The average molecular weight is 298 g/mol. The summed E-state index contributed by atoms with van der Waals surface area (Å²) < 4.78 is 39.5. The standard InChI is InChI=1S/C11H11ClF3NO3/c12-8-5-7(1-2-9(8)17)10(18)16-3-4-19-6-11(13,14)15/h1-2,5,17H,3-4,6H2,(H,16,18). The molecule has 1 amide bonds. The number of ether oxygens (including phenoxy) is 1. The molecule has 0 aliphatic heterocycles. The van der Waals surface area contributed by atoms with Gasteiger partial charge in [-0.25, -0.2) is 0 Å². The van der Waals surface area contributed by atoms with Crippen molar-refractivity contribution in [2.45, 2.75) is 6.18 Å². The number of phenolic OH excluding ortho intramolecular Hbond substituents is 1. The van der Waals surface area contributed by atoms with Crippen molar-refractivity contribution in [2.24, 2.45) is 0 Å². The first-order valence-corrected chi connectivity index (χ1v) is 5.58. The van der Waals surface area contributed by atoms with E-state index < -0.39 is 18.7 Å². The average Bonchev–Trinajstić information content (AvgIpc) is 2.30. The van der Waals surface area contributed by atoms with E-state index in [0.717, 1.165) is 0 Å². The number of aromatic hydroxyl groups is 1. The van der Waals surface area contributed by atoms with Gasteiger partial charge in [0.25, 0.3) is 5.91 Å². The van der Waals surface area contributed by atoms with Gasteiger partial charge in [-0.15, -0.1) is 0 Å². The number of hydrogen-bond donors (Lipinski definition) is 2. The third kappa shape index (κ3) is 5.80. The van der Waals surface area contributed by atoms with Crippen molar-refractivity contribution in [1.29, 1.82) is 0 Å². The predicted molar refractivity (Wildman–Crippen MR) is 62.3 cm³/mol. The van der Waals surface area contributed by atoms with E-state index in [1.807, 2.05) is 0 Å². The third-order valence-electron chi connectivity index (χ3n) is 2.01. The molecule has 106 valence electrons. The Morgan fingerprint density at radius 2 is 2.11 bits per heavy atom. The lowest BCUT2D eigenvalue weighted by molar-refractivity contribution is -0.173. The maximum absolute atomic E-state index is 11.7. The molecule has 0 saturated carbocycles. The van der Waals surface area contributed by atoms with E-state index in [0.29, 0.717) is 0 Å². The van der Waals surface area contributed by atoms with Crippen molar-refractivity contribution >= 4 is 17.5 Å². The van der Waals surface area contributed by atoms with E-state index in [-0.39, 0.29) is 29.5 Å². The molecule has 0 radical (unpaired) electrons. The fraction of sp³-hybridized carbons (Fsp3) is 0.364. The van der Waals surface area contributed by atoms with Crippen LogP contribution in [0.5, 0.6) is 5.75 Å². The molecule has 4 nitrogen and oxygen atoms in total. The number of amides is 1. The zero-order valence-corrected chi connectivity index (χ0v) is 10.4. The molecule has 0 aromatic heterocycles. The van der Waals surface area contributed by atoms with Crippen LogP contribution >= 0.6 is 11.6 Å². The summed E-state index contributed by atoms with van der Waals surface area (Å²) in [6.07, 6.45) is -4.38. The molecule has 8 heteroatoms. The molecule has 0 fully saturated rings. The topological polar surface area (TPSA) is 58.6 Å². The number of nitrogens with one attached hydrogen (secondary N) is 1. The first-order valence-electron chi connectivity index (χ1n) is 5.21. The van der Waals surface area contributed by atoms with Crippen LogP contribution in [0.15, 0.2) is 18.2 Å². The van der Waals surface area contributed by atoms with Crippen molar-refractivity contribution < 1.29 is 27.8 Å². The highest BCUT2D eigenvalue weighted by Gasteiger charge is 2.27. The van der Waals surface area contributed by atoms with E-state index in [2.05, 4.69) is 10.1 Å². The number of carbonyl (C=O) groups excluding carboxylic acids is 1. The summed E-state index contributed by atoms with van der Waals surface area (Å²) >= 11 is 5.61. The lowest BCUT2D eigenvalue weighted by atomic mass is 10.2. The molecule has 1 aromatic carbocycles. The second-order valence-electron chi connectivity index (χ2n) is 3.59. The molecule has 19 heavy (non-hydrogen) atoms. The quantitative estimate of drug-likeness (QED) is 0.820. The van der Waals surface area contributed by atoms with Gasteiger partial charge >= 0.3 is 6.18 Å². The summed E-state index contributed by atoms with van der Waals surface area (Å²) in [5.74, 6) is -0.677. The number of phenols is 1. The van der Waals surface area contributed by atoms with Gasteiger partial charge in [-0.1, -0.05) is 11.6 Å². The minimum Gasteiger partial charge on any atom is -0.506 e. The molecular formula is C11H11ClF3NO3. The normalized spacial score (nSPS) is 11.4. The van der Waals surface area contributed by atoms with Crippen LogP contribution < -0.4 is 5.32 Å². The summed E-state index contributed by atoms with van der Waals surface area (Å²) in [6.45, 7) is -1.67. The van der Waals surface area contributed by atoms with Crippen molar-refractivity contribution in [1.82, 2.24) is 5.32 Å². The number of hydrogen-bond acceptors (Lipinski definition) is 3. The molecule has 1 aromatic rings. The lowest BCUT2D eigenvalue weighted by Gasteiger charge is -2.08. The first kappa shape index (κ1) is 15.6. The van der Waals surface area contributed by atoms with Crippen molar-refractivity contribution in [2.75, 3.05) is 19.8 Å². The van der Waals surface area contributed by atoms with Crippen molar-refractivity contribution in [3.8, 4) is 5.75 Å². The number of halogens is 4. The van der Waals surface area contributed by atoms with Gasteiger partial charge in [-0.3, -0.25) is 4.79 Å². The number of alkyl halides is 3. The van der Waals surface area contributed by atoms with Crippen LogP contribution in [0.1, 0.15) is 10.4 Å². The van der Waals surface area contributed by atoms with Crippen molar-refractivity contribution in [3.05, 3.63) is 28.8 Å². The molecule has 1 rings (SSSR count). The minimum absolute atomic E-state index is 0.0148. The number of carbonyl (C=O) groups is 1. The number of rotatable bonds is 5. The van der Waals surface area contributed by atoms with E-state index in [9.17, 15) is 18.0 Å². The molecule has 0 saturated heterocycles. The van der Waals surface area contributed by atoms with Crippen molar-refractivity contribution in [3.63, 3.8) is 0 Å². The Morgan fingerprint density at radius 3 is 2.68 bits per heavy atom. The van der Waals surface area contributed by atoms with Gasteiger partial charge < -0.3 is 15.2 Å². The van der Waals surface area contributed by atoms with Crippen LogP contribution in [0.25, 0.3) is 0 Å². The highest BCUT2D eigenvalue weighted by molar-refractivity contribution is 6.32. The van der Waals surface area contributed by atoms with Crippen LogP contribution in [0, 0.1) is 0 Å². The van der Waals surface area contributed by atoms with Gasteiger partial charge in [0.05, 0.1) is 11.6 Å². The second kappa shape index (κ2) is 6.63. The van der Waals surface area contributed by atoms with Crippen LogP contribution in [0.3, 0.4) is 0 Å². The maximum Gasteiger partial charge on any atom is 0.411 e. The molecule has 0 atom stereocenters. The monoisotopic (exact) mass is 297 g/mol. The zero-order valence-electron chi connectivity index (χ0n) is 9.63. The van der Waals surface area contributed by atoms with Gasteiger partial charge in [-0.05, 0) is 18.2 Å². The second-order valence-corrected chi connectivity index (χ2v) is 4.00. The van der Waals surface area contributed by atoms with Gasteiger partial charge in [0.15, 0.2) is 0 Å². The molecule has 0 spiro atoms. The Hall–Kier alpha value is -1.47. The Bertz CT molecular complexity index is 451. The van der Waals surface area contributed by atoms with Gasteiger partial charge in [0.1, 0.15) is 12.4 Å². The minimum atomic E-state index is -4.38. The van der Waals surface area contributed by atoms with Crippen LogP contribution in [0.2, 0.25) is 5.02 Å². The lowest BCUT2D eigenvalue weighted by Crippen LogP contribution is -2.28. The predicted octanol–water partition coefficient (Wildman–Crippen LogP) is 2.35. The number of benzene rings is 1. The Labute approximate surface area is 112 Å². The summed E-state index contributed by atoms with van der Waals surface area (Å²) in [4.78, 5) is 11.5. The maximum atomic E-state index is 11.7. The van der Waals surface area contributed by atoms with E-state index in [1.165, 1.54) is 18.2 Å². The smallest absolute Gasteiger partial charge is 0.411 e. The molecule has 0 bridgehead atoms. The first-order chi connectivity index (χ1) is 8.79. The van der Waals surface area contributed by atoms with Crippen LogP contribution in [0.4, 0.5) is 13.2 Å². The summed E-state index contributed by atoms with van der Waals surface area (Å²) in [7, 11) is 0. The molecule has 0 unspecified atom stereocenters. The van der Waals surface area contributed by atoms with Gasteiger partial charge in [0, 0.05) is 12.1 Å². The zero-order chi connectivity index (χ0) is 14.5. The van der Waals surface area contributed by atoms with E-state index >= 15 is 0 Å². The third-order valence-corrected chi connectivity index (χ3v) is 2.31. The SMILES string of the molecule is O=C(NCCOCC(F)(F)F)c1ccc(O)c(Cl)c1. The highest BCUT2D eigenvalue weighted by atomic mass is 35.5.